The van der Waals surface area contributed by atoms with Crippen molar-refractivity contribution in [3.05, 3.63) is 60.2 Å². The minimum absolute atomic E-state index is 0.160. The predicted molar refractivity (Wildman–Crippen MR) is 108 cm³/mol. The fourth-order valence-electron chi connectivity index (χ4n) is 3.45. The zero-order chi connectivity index (χ0) is 19.1. The monoisotopic (exact) mass is 368 g/mol. The highest BCUT2D eigenvalue weighted by atomic mass is 16.5. The molecule has 1 aliphatic heterocycles. The number of benzene rings is 2. The molecule has 3 rings (SSSR count). The van der Waals surface area contributed by atoms with Gasteiger partial charge in [0.25, 0.3) is 0 Å². The van der Waals surface area contributed by atoms with Crippen LogP contribution in [0.1, 0.15) is 18.9 Å². The van der Waals surface area contributed by atoms with Gasteiger partial charge in [0.1, 0.15) is 11.9 Å². The largest absolute Gasteiger partial charge is 0.489 e. The second-order valence-corrected chi connectivity index (χ2v) is 7.09. The third-order valence-corrected chi connectivity index (χ3v) is 4.90. The molecule has 2 aromatic rings. The van der Waals surface area contributed by atoms with Crippen LogP contribution >= 0.6 is 0 Å². The van der Waals surface area contributed by atoms with Gasteiger partial charge in [-0.1, -0.05) is 30.3 Å². The molecule has 5 nitrogen and oxygen atoms in total. The molecule has 5 heteroatoms. The summed E-state index contributed by atoms with van der Waals surface area (Å²) in [5.41, 5.74) is 2.29. The Hall–Kier alpha value is -2.53. The minimum atomic E-state index is -0.749. The Morgan fingerprint density at radius 1 is 1.04 bits per heavy atom. The lowest BCUT2D eigenvalue weighted by Crippen LogP contribution is -2.48. The van der Waals surface area contributed by atoms with Gasteiger partial charge in [0.05, 0.1) is 0 Å². The van der Waals surface area contributed by atoms with Crippen molar-refractivity contribution in [3.63, 3.8) is 0 Å². The van der Waals surface area contributed by atoms with Crippen LogP contribution in [-0.2, 0) is 11.2 Å². The summed E-state index contributed by atoms with van der Waals surface area (Å²) < 4.78 is 5.98. The van der Waals surface area contributed by atoms with E-state index < -0.39 is 5.97 Å². The van der Waals surface area contributed by atoms with Gasteiger partial charge < -0.3 is 14.7 Å². The van der Waals surface area contributed by atoms with E-state index in [-0.39, 0.29) is 12.5 Å². The second-order valence-electron chi connectivity index (χ2n) is 7.09. The van der Waals surface area contributed by atoms with Gasteiger partial charge in [-0.3, -0.25) is 9.69 Å². The molecule has 2 aromatic carbocycles. The van der Waals surface area contributed by atoms with E-state index in [4.69, 9.17) is 9.84 Å². The van der Waals surface area contributed by atoms with Gasteiger partial charge in [0.15, 0.2) is 0 Å². The lowest BCUT2D eigenvalue weighted by atomic mass is 10.1. The summed E-state index contributed by atoms with van der Waals surface area (Å²) in [5.74, 6) is 0.173. The summed E-state index contributed by atoms with van der Waals surface area (Å²) in [6, 6.07) is 18.3. The van der Waals surface area contributed by atoms with Gasteiger partial charge in [-0.2, -0.15) is 0 Å². The molecule has 0 bridgehead atoms. The number of ether oxygens (including phenoxy) is 1. The lowest BCUT2D eigenvalue weighted by molar-refractivity contribution is -0.136. The van der Waals surface area contributed by atoms with E-state index in [1.807, 2.05) is 42.5 Å². The molecular weight excluding hydrogens is 340 g/mol. The van der Waals surface area contributed by atoms with Crippen molar-refractivity contribution >= 4 is 11.7 Å². The van der Waals surface area contributed by atoms with E-state index in [0.717, 1.165) is 44.0 Å². The average molecular weight is 368 g/mol. The molecular formula is C22H28N2O3. The van der Waals surface area contributed by atoms with Crippen molar-refractivity contribution in [2.45, 2.75) is 25.9 Å². The molecule has 1 atom stereocenters. The van der Waals surface area contributed by atoms with Crippen LogP contribution in [0.5, 0.6) is 5.75 Å². The van der Waals surface area contributed by atoms with Crippen LogP contribution in [0.2, 0.25) is 0 Å². The van der Waals surface area contributed by atoms with E-state index in [2.05, 4.69) is 28.9 Å². The molecule has 1 aliphatic rings. The van der Waals surface area contributed by atoms with Crippen molar-refractivity contribution in [1.29, 1.82) is 0 Å². The van der Waals surface area contributed by atoms with Crippen molar-refractivity contribution in [1.82, 2.24) is 4.90 Å². The Balaban J connectivity index is 1.43. The molecule has 1 fully saturated rings. The third kappa shape index (κ3) is 6.00. The molecule has 1 heterocycles. The third-order valence-electron chi connectivity index (χ3n) is 4.90. The average Bonchev–Trinajstić information content (AvgIpc) is 2.68. The molecule has 0 aromatic heterocycles. The molecule has 144 valence electrons. The number of aryl methyl sites for hydroxylation is 1. The number of hydrogen-bond acceptors (Lipinski definition) is 4. The van der Waals surface area contributed by atoms with Crippen LogP contribution in [0, 0.1) is 0 Å². The highest BCUT2D eigenvalue weighted by molar-refractivity contribution is 5.67. The smallest absolute Gasteiger partial charge is 0.303 e. The van der Waals surface area contributed by atoms with Crippen LogP contribution in [0.25, 0.3) is 0 Å². The molecule has 1 N–H and O–H groups in total. The summed E-state index contributed by atoms with van der Waals surface area (Å²) in [6.07, 6.45) is 0.928. The Bertz CT molecular complexity index is 710. The van der Waals surface area contributed by atoms with Crippen LogP contribution in [0.3, 0.4) is 0 Å². The summed E-state index contributed by atoms with van der Waals surface area (Å²) in [7, 11) is 0. The highest BCUT2D eigenvalue weighted by Crippen LogP contribution is 2.19. The van der Waals surface area contributed by atoms with E-state index in [1.165, 1.54) is 5.69 Å². The number of carboxylic acid groups (broad SMARTS) is 1. The number of anilines is 1. The van der Waals surface area contributed by atoms with Crippen molar-refractivity contribution < 1.29 is 14.6 Å². The van der Waals surface area contributed by atoms with E-state index >= 15 is 0 Å². The minimum Gasteiger partial charge on any atom is -0.489 e. The Morgan fingerprint density at radius 3 is 2.33 bits per heavy atom. The van der Waals surface area contributed by atoms with Gasteiger partial charge in [-0.05, 0) is 43.2 Å². The number of hydrogen-bond donors (Lipinski definition) is 1. The molecule has 27 heavy (non-hydrogen) atoms. The van der Waals surface area contributed by atoms with Crippen molar-refractivity contribution in [3.8, 4) is 5.75 Å². The molecule has 0 saturated carbocycles. The van der Waals surface area contributed by atoms with Crippen LogP contribution in [0.15, 0.2) is 54.6 Å². The normalized spacial score (nSPS) is 16.1. The Kier molecular flexibility index (Phi) is 6.71. The van der Waals surface area contributed by atoms with Crippen LogP contribution in [0.4, 0.5) is 5.69 Å². The quantitative estimate of drug-likeness (QED) is 0.775. The summed E-state index contributed by atoms with van der Waals surface area (Å²) in [4.78, 5) is 15.5. The van der Waals surface area contributed by atoms with Gasteiger partial charge in [0, 0.05) is 44.8 Å². The first-order chi connectivity index (χ1) is 13.1. The van der Waals surface area contributed by atoms with E-state index in [1.54, 1.807) is 0 Å². The van der Waals surface area contributed by atoms with Crippen molar-refractivity contribution in [2.24, 2.45) is 0 Å². The SMILES string of the molecule is CC(CN1CCN(c2ccc(CCC(=O)O)cc2)CC1)Oc1ccccc1. The first-order valence-electron chi connectivity index (χ1n) is 9.60. The molecule has 0 spiro atoms. The maximum atomic E-state index is 10.7. The fraction of sp³-hybridized carbons (Fsp3) is 0.409. The Morgan fingerprint density at radius 2 is 1.70 bits per heavy atom. The van der Waals surface area contributed by atoms with Gasteiger partial charge in [-0.15, -0.1) is 0 Å². The molecule has 0 aliphatic carbocycles. The number of carbonyl (C=O) groups is 1. The maximum absolute atomic E-state index is 10.7. The number of aliphatic carboxylic acids is 1. The first-order valence-corrected chi connectivity index (χ1v) is 9.60. The lowest BCUT2D eigenvalue weighted by Gasteiger charge is -2.37. The van der Waals surface area contributed by atoms with E-state index in [9.17, 15) is 4.79 Å². The molecule has 0 radical (unpaired) electrons. The summed E-state index contributed by atoms with van der Waals surface area (Å²) in [6.45, 7) is 7.07. The summed E-state index contributed by atoms with van der Waals surface area (Å²) in [5, 5.41) is 8.78. The maximum Gasteiger partial charge on any atom is 0.303 e. The van der Waals surface area contributed by atoms with Crippen molar-refractivity contribution in [2.75, 3.05) is 37.6 Å². The number of nitrogens with zero attached hydrogens (tertiary/aromatic N) is 2. The van der Waals surface area contributed by atoms with E-state index in [0.29, 0.717) is 6.42 Å². The molecule has 1 unspecified atom stereocenters. The molecule has 0 amide bonds. The standard InChI is InChI=1S/C22H28N2O3/c1-18(27-21-5-3-2-4-6-21)17-23-13-15-24(16-14-23)20-10-7-19(8-11-20)9-12-22(25)26/h2-8,10-11,18H,9,12-17H2,1H3,(H,25,26). The highest BCUT2D eigenvalue weighted by Gasteiger charge is 2.19. The predicted octanol–water partition coefficient (Wildman–Crippen LogP) is 3.29. The topological polar surface area (TPSA) is 53.0 Å². The number of rotatable bonds is 8. The van der Waals surface area contributed by atoms with Gasteiger partial charge >= 0.3 is 5.97 Å². The first kappa shape index (κ1) is 19.2. The zero-order valence-electron chi connectivity index (χ0n) is 15.9. The second kappa shape index (κ2) is 9.42. The van der Waals surface area contributed by atoms with Gasteiger partial charge in [-0.25, -0.2) is 0 Å². The van der Waals surface area contributed by atoms with Crippen LogP contribution in [-0.4, -0.2) is 54.8 Å². The van der Waals surface area contributed by atoms with Gasteiger partial charge in [0.2, 0.25) is 0 Å². The summed E-state index contributed by atoms with van der Waals surface area (Å²) >= 11 is 0. The molecule has 1 saturated heterocycles. The number of piperazine rings is 1. The fourth-order valence-corrected chi connectivity index (χ4v) is 3.45. The zero-order valence-corrected chi connectivity index (χ0v) is 15.9. The number of carboxylic acids is 1. The Labute approximate surface area is 161 Å². The van der Waals surface area contributed by atoms with Crippen LogP contribution < -0.4 is 9.64 Å². The number of para-hydroxylation sites is 1.